The number of benzene rings is 1. The number of carbonyl (C=O) groups is 1. The second kappa shape index (κ2) is 5.36. The summed E-state index contributed by atoms with van der Waals surface area (Å²) in [6, 6.07) is 7.92. The van der Waals surface area contributed by atoms with Crippen molar-refractivity contribution < 1.29 is 4.79 Å². The monoisotopic (exact) mass is 177 g/mol. The Hall–Kier alpha value is -1.31. The number of carbonyl (C=O) groups excluding carboxylic acids is 1. The van der Waals surface area contributed by atoms with E-state index in [1.165, 1.54) is 12.0 Å². The Morgan fingerprint density at radius 3 is 2.85 bits per heavy atom. The van der Waals surface area contributed by atoms with Crippen LogP contribution >= 0.6 is 0 Å². The van der Waals surface area contributed by atoms with Gasteiger partial charge in [-0.2, -0.15) is 0 Å². The Labute approximate surface area is 79.0 Å². The molecule has 13 heavy (non-hydrogen) atoms. The summed E-state index contributed by atoms with van der Waals surface area (Å²) in [5.74, 6) is 0. The lowest BCUT2D eigenvalue weighted by molar-refractivity contribution is -0.105. The molecule has 0 saturated heterocycles. The number of unbranched alkanes of at least 4 members (excludes halogenated alkanes) is 1. The molecule has 0 unspecified atom stereocenters. The number of amides is 1. The van der Waals surface area contributed by atoms with Crippen LogP contribution in [-0.2, 0) is 11.2 Å². The van der Waals surface area contributed by atoms with Crippen LogP contribution in [0, 0.1) is 0 Å². The standard InChI is InChI=1S/C11H15NO/c1-2-3-6-10-7-4-5-8-11(10)12-9-13/h4-5,7-9H,2-3,6H2,1H3,(H,12,13). The largest absolute Gasteiger partial charge is 0.328 e. The normalized spacial score (nSPS) is 9.62. The maximum atomic E-state index is 10.3. The number of rotatable bonds is 5. The highest BCUT2D eigenvalue weighted by atomic mass is 16.1. The van der Waals surface area contributed by atoms with E-state index >= 15 is 0 Å². The molecular formula is C11H15NO. The van der Waals surface area contributed by atoms with Gasteiger partial charge in [-0.3, -0.25) is 4.79 Å². The Kier molecular flexibility index (Phi) is 4.03. The lowest BCUT2D eigenvalue weighted by Gasteiger charge is -2.06. The zero-order valence-corrected chi connectivity index (χ0v) is 7.92. The van der Waals surface area contributed by atoms with Crippen molar-refractivity contribution in [3.05, 3.63) is 29.8 Å². The molecule has 0 radical (unpaired) electrons. The van der Waals surface area contributed by atoms with Crippen molar-refractivity contribution in [1.29, 1.82) is 0 Å². The van der Waals surface area contributed by atoms with Crippen LogP contribution in [0.3, 0.4) is 0 Å². The van der Waals surface area contributed by atoms with Gasteiger partial charge < -0.3 is 5.32 Å². The Morgan fingerprint density at radius 1 is 1.38 bits per heavy atom. The van der Waals surface area contributed by atoms with E-state index in [1.807, 2.05) is 18.2 Å². The van der Waals surface area contributed by atoms with E-state index in [9.17, 15) is 4.79 Å². The molecule has 0 fully saturated rings. The number of anilines is 1. The van der Waals surface area contributed by atoms with Gasteiger partial charge >= 0.3 is 0 Å². The molecule has 0 aliphatic heterocycles. The van der Waals surface area contributed by atoms with E-state index in [4.69, 9.17) is 0 Å². The fraction of sp³-hybridized carbons (Fsp3) is 0.364. The number of hydrogen-bond donors (Lipinski definition) is 1. The second-order valence-corrected chi connectivity index (χ2v) is 3.02. The van der Waals surface area contributed by atoms with Gasteiger partial charge in [-0.05, 0) is 24.5 Å². The van der Waals surface area contributed by atoms with Crippen molar-refractivity contribution in [2.45, 2.75) is 26.2 Å². The Balaban J connectivity index is 2.71. The van der Waals surface area contributed by atoms with Crippen LogP contribution in [0.2, 0.25) is 0 Å². The van der Waals surface area contributed by atoms with Gasteiger partial charge in [0.2, 0.25) is 6.41 Å². The first-order chi connectivity index (χ1) is 6.38. The number of aryl methyl sites for hydroxylation is 1. The molecule has 0 saturated carbocycles. The molecule has 2 heteroatoms. The number of hydrogen-bond acceptors (Lipinski definition) is 1. The summed E-state index contributed by atoms with van der Waals surface area (Å²) < 4.78 is 0. The molecule has 1 N–H and O–H groups in total. The average molecular weight is 177 g/mol. The van der Waals surface area contributed by atoms with Gasteiger partial charge in [0.05, 0.1) is 0 Å². The van der Waals surface area contributed by atoms with Crippen molar-refractivity contribution in [2.24, 2.45) is 0 Å². The minimum Gasteiger partial charge on any atom is -0.328 e. The maximum absolute atomic E-state index is 10.3. The van der Waals surface area contributed by atoms with E-state index in [0.717, 1.165) is 24.9 Å². The summed E-state index contributed by atoms with van der Waals surface area (Å²) in [7, 11) is 0. The minimum absolute atomic E-state index is 0.727. The fourth-order valence-corrected chi connectivity index (χ4v) is 1.31. The SMILES string of the molecule is CCCCc1ccccc1NC=O. The molecular weight excluding hydrogens is 162 g/mol. The summed E-state index contributed by atoms with van der Waals surface area (Å²) in [6.07, 6.45) is 4.10. The third kappa shape index (κ3) is 2.90. The van der Waals surface area contributed by atoms with E-state index in [0.29, 0.717) is 0 Å². The van der Waals surface area contributed by atoms with Gasteiger partial charge in [0.15, 0.2) is 0 Å². The molecule has 0 spiro atoms. The summed E-state index contributed by atoms with van der Waals surface area (Å²) in [5, 5.41) is 2.70. The molecule has 1 aromatic rings. The first-order valence-electron chi connectivity index (χ1n) is 4.66. The average Bonchev–Trinajstić information content (AvgIpc) is 2.17. The zero-order valence-electron chi connectivity index (χ0n) is 7.92. The molecule has 0 aliphatic rings. The summed E-state index contributed by atoms with van der Waals surface area (Å²) in [4.78, 5) is 10.3. The van der Waals surface area contributed by atoms with Crippen LogP contribution < -0.4 is 5.32 Å². The molecule has 1 rings (SSSR count). The van der Waals surface area contributed by atoms with Crippen molar-refractivity contribution >= 4 is 12.1 Å². The first-order valence-corrected chi connectivity index (χ1v) is 4.66. The van der Waals surface area contributed by atoms with Crippen LogP contribution in [0.1, 0.15) is 25.3 Å². The fourth-order valence-electron chi connectivity index (χ4n) is 1.31. The van der Waals surface area contributed by atoms with Gasteiger partial charge in [0, 0.05) is 5.69 Å². The Morgan fingerprint density at radius 2 is 2.15 bits per heavy atom. The molecule has 0 bridgehead atoms. The molecule has 0 heterocycles. The van der Waals surface area contributed by atoms with Crippen LogP contribution in [0.15, 0.2) is 24.3 Å². The van der Waals surface area contributed by atoms with Crippen LogP contribution in [0.5, 0.6) is 0 Å². The molecule has 1 amide bonds. The molecule has 1 aromatic carbocycles. The van der Waals surface area contributed by atoms with Crippen LogP contribution in [0.25, 0.3) is 0 Å². The van der Waals surface area contributed by atoms with Crippen molar-refractivity contribution in [3.8, 4) is 0 Å². The minimum atomic E-state index is 0.727. The molecule has 0 aromatic heterocycles. The summed E-state index contributed by atoms with van der Waals surface area (Å²) in [5.41, 5.74) is 2.16. The quantitative estimate of drug-likeness (QED) is 0.688. The highest BCUT2D eigenvalue weighted by Crippen LogP contribution is 2.16. The molecule has 70 valence electrons. The van der Waals surface area contributed by atoms with Crippen molar-refractivity contribution in [2.75, 3.05) is 5.32 Å². The molecule has 0 aliphatic carbocycles. The lowest BCUT2D eigenvalue weighted by Crippen LogP contribution is -1.98. The predicted octanol–water partition coefficient (Wildman–Crippen LogP) is 2.60. The van der Waals surface area contributed by atoms with Crippen molar-refractivity contribution in [1.82, 2.24) is 0 Å². The van der Waals surface area contributed by atoms with Gasteiger partial charge in [0.25, 0.3) is 0 Å². The highest BCUT2D eigenvalue weighted by molar-refractivity contribution is 5.73. The van der Waals surface area contributed by atoms with Crippen LogP contribution in [-0.4, -0.2) is 6.41 Å². The third-order valence-electron chi connectivity index (χ3n) is 2.03. The third-order valence-corrected chi connectivity index (χ3v) is 2.03. The zero-order chi connectivity index (χ0) is 9.52. The van der Waals surface area contributed by atoms with Gasteiger partial charge in [-0.25, -0.2) is 0 Å². The maximum Gasteiger partial charge on any atom is 0.211 e. The van der Waals surface area contributed by atoms with E-state index in [-0.39, 0.29) is 0 Å². The summed E-state index contributed by atoms with van der Waals surface area (Å²) >= 11 is 0. The smallest absolute Gasteiger partial charge is 0.211 e. The molecule has 2 nitrogen and oxygen atoms in total. The van der Waals surface area contributed by atoms with E-state index < -0.39 is 0 Å². The van der Waals surface area contributed by atoms with E-state index in [2.05, 4.69) is 18.3 Å². The van der Waals surface area contributed by atoms with Gasteiger partial charge in [-0.15, -0.1) is 0 Å². The van der Waals surface area contributed by atoms with Crippen molar-refractivity contribution in [3.63, 3.8) is 0 Å². The van der Waals surface area contributed by atoms with Gasteiger partial charge in [-0.1, -0.05) is 31.5 Å². The van der Waals surface area contributed by atoms with E-state index in [1.54, 1.807) is 0 Å². The molecule has 0 atom stereocenters. The van der Waals surface area contributed by atoms with Gasteiger partial charge in [0.1, 0.15) is 0 Å². The number of para-hydroxylation sites is 1. The topological polar surface area (TPSA) is 29.1 Å². The lowest BCUT2D eigenvalue weighted by atomic mass is 10.1. The number of nitrogens with one attached hydrogen (secondary N) is 1. The summed E-state index contributed by atoms with van der Waals surface area (Å²) in [6.45, 7) is 2.16. The Bertz CT molecular complexity index is 271. The van der Waals surface area contributed by atoms with Crippen LogP contribution in [0.4, 0.5) is 5.69 Å². The second-order valence-electron chi connectivity index (χ2n) is 3.02. The highest BCUT2D eigenvalue weighted by Gasteiger charge is 1.98. The predicted molar refractivity (Wildman–Crippen MR) is 54.7 cm³/mol. The first kappa shape index (κ1) is 9.78.